The van der Waals surface area contributed by atoms with Gasteiger partial charge in [-0.25, -0.2) is 0 Å². The Balaban J connectivity index is 1.19. The van der Waals surface area contributed by atoms with E-state index in [0.29, 0.717) is 0 Å². The van der Waals surface area contributed by atoms with Crippen LogP contribution in [0.5, 0.6) is 0 Å². The maximum atomic E-state index is 6.68. The summed E-state index contributed by atoms with van der Waals surface area (Å²) < 4.78 is 18.0. The molecule has 4 nitrogen and oxygen atoms in total. The molecule has 0 saturated carbocycles. The first-order chi connectivity index (χ1) is 25.8. The smallest absolute Gasteiger partial charge is 0.145 e. The van der Waals surface area contributed by atoms with E-state index in [0.717, 1.165) is 88.3 Å². The van der Waals surface area contributed by atoms with E-state index in [4.69, 9.17) is 8.83 Å². The molecule has 52 heavy (non-hydrogen) atoms. The van der Waals surface area contributed by atoms with Gasteiger partial charge in [0.1, 0.15) is 22.3 Å². The SMILES string of the molecule is c1ccc(-n2c3ccc4c5ccccc5oc4c3c3ccc4c(c5ccccc5n4-c4cccc(-c5cccc6c5oc5ccccc56)c4)c32)cc1. The minimum absolute atomic E-state index is 0.904. The van der Waals surface area contributed by atoms with Gasteiger partial charge < -0.3 is 18.0 Å². The van der Waals surface area contributed by atoms with Crippen LogP contribution >= 0.6 is 0 Å². The summed E-state index contributed by atoms with van der Waals surface area (Å²) in [6.45, 7) is 0. The highest BCUT2D eigenvalue weighted by molar-refractivity contribution is 6.31. The monoisotopic (exact) mass is 664 g/mol. The molecule has 0 N–H and O–H groups in total. The minimum Gasteiger partial charge on any atom is -0.455 e. The van der Waals surface area contributed by atoms with E-state index in [2.05, 4.69) is 161 Å². The molecule has 0 amide bonds. The fourth-order valence-electron chi connectivity index (χ4n) is 8.73. The van der Waals surface area contributed by atoms with Gasteiger partial charge in [-0.15, -0.1) is 0 Å². The number of nitrogens with zero attached hydrogens (tertiary/aromatic N) is 2. The zero-order valence-corrected chi connectivity index (χ0v) is 27.9. The van der Waals surface area contributed by atoms with Gasteiger partial charge in [-0.05, 0) is 72.3 Å². The molecule has 0 unspecified atom stereocenters. The minimum atomic E-state index is 0.904. The van der Waals surface area contributed by atoms with Crippen molar-refractivity contribution in [3.8, 4) is 22.5 Å². The van der Waals surface area contributed by atoms with Crippen LogP contribution in [0.3, 0.4) is 0 Å². The fraction of sp³-hybridized carbons (Fsp3) is 0. The Morgan fingerprint density at radius 1 is 0.346 bits per heavy atom. The average Bonchev–Trinajstić information content (AvgIpc) is 3.95. The van der Waals surface area contributed by atoms with Crippen LogP contribution in [0.2, 0.25) is 0 Å². The molecule has 8 aromatic carbocycles. The molecular formula is C48H28N2O2. The third-order valence-corrected chi connectivity index (χ3v) is 10.9. The van der Waals surface area contributed by atoms with E-state index >= 15 is 0 Å². The molecule has 0 saturated heterocycles. The van der Waals surface area contributed by atoms with Crippen LogP contribution in [0.15, 0.2) is 179 Å². The van der Waals surface area contributed by atoms with E-state index in [-0.39, 0.29) is 0 Å². The second kappa shape index (κ2) is 10.3. The van der Waals surface area contributed by atoms with Gasteiger partial charge >= 0.3 is 0 Å². The highest BCUT2D eigenvalue weighted by atomic mass is 16.3. The van der Waals surface area contributed by atoms with Crippen molar-refractivity contribution >= 4 is 87.5 Å². The van der Waals surface area contributed by atoms with E-state index in [1.54, 1.807) is 0 Å². The molecule has 0 aliphatic heterocycles. The van der Waals surface area contributed by atoms with Gasteiger partial charge in [0.25, 0.3) is 0 Å². The van der Waals surface area contributed by atoms with Gasteiger partial charge in [0.2, 0.25) is 0 Å². The number of furan rings is 2. The number of hydrogen-bond donors (Lipinski definition) is 0. The van der Waals surface area contributed by atoms with E-state index in [9.17, 15) is 0 Å². The lowest BCUT2D eigenvalue weighted by molar-refractivity contribution is 0.670. The number of aromatic nitrogens is 2. The predicted octanol–water partition coefficient (Wildman–Crippen LogP) is 13.3. The van der Waals surface area contributed by atoms with Crippen LogP contribution in [0.4, 0.5) is 0 Å². The van der Waals surface area contributed by atoms with Crippen LogP contribution in [-0.2, 0) is 0 Å². The van der Waals surface area contributed by atoms with Gasteiger partial charge in [0, 0.05) is 54.6 Å². The second-order valence-corrected chi connectivity index (χ2v) is 13.6. The first kappa shape index (κ1) is 27.7. The molecule has 0 fully saturated rings. The molecule has 12 rings (SSSR count). The maximum Gasteiger partial charge on any atom is 0.145 e. The molecule has 4 heterocycles. The van der Waals surface area contributed by atoms with Crippen molar-refractivity contribution in [3.63, 3.8) is 0 Å². The zero-order valence-electron chi connectivity index (χ0n) is 27.9. The first-order valence-electron chi connectivity index (χ1n) is 17.7. The molecule has 4 aromatic heterocycles. The lowest BCUT2D eigenvalue weighted by atomic mass is 10.0. The van der Waals surface area contributed by atoms with E-state index in [1.165, 1.54) is 21.7 Å². The summed E-state index contributed by atoms with van der Waals surface area (Å²) in [5, 5.41) is 9.25. The summed E-state index contributed by atoms with van der Waals surface area (Å²) in [7, 11) is 0. The van der Waals surface area contributed by atoms with Crippen LogP contribution in [0.1, 0.15) is 0 Å². The van der Waals surface area contributed by atoms with E-state index < -0.39 is 0 Å². The highest BCUT2D eigenvalue weighted by Crippen LogP contribution is 2.46. The lowest BCUT2D eigenvalue weighted by Crippen LogP contribution is -1.95. The Labute approximate surface area is 296 Å². The molecule has 0 spiro atoms. The molecule has 0 radical (unpaired) electrons. The molecule has 4 heteroatoms. The first-order valence-corrected chi connectivity index (χ1v) is 17.7. The maximum absolute atomic E-state index is 6.68. The Morgan fingerprint density at radius 2 is 0.942 bits per heavy atom. The summed E-state index contributed by atoms with van der Waals surface area (Å²) in [4.78, 5) is 0. The highest BCUT2D eigenvalue weighted by Gasteiger charge is 2.24. The van der Waals surface area contributed by atoms with Gasteiger partial charge in [-0.1, -0.05) is 103 Å². The van der Waals surface area contributed by atoms with Crippen molar-refractivity contribution in [1.82, 2.24) is 9.13 Å². The molecule has 0 aliphatic carbocycles. The van der Waals surface area contributed by atoms with Crippen LogP contribution in [-0.4, -0.2) is 9.13 Å². The molecule has 0 bridgehead atoms. The van der Waals surface area contributed by atoms with Crippen molar-refractivity contribution in [3.05, 3.63) is 170 Å². The summed E-state index contributed by atoms with van der Waals surface area (Å²) in [6, 6.07) is 60.5. The third-order valence-electron chi connectivity index (χ3n) is 10.9. The Bertz CT molecular complexity index is 3410. The summed E-state index contributed by atoms with van der Waals surface area (Å²) in [6.07, 6.45) is 0. The van der Waals surface area contributed by atoms with Crippen molar-refractivity contribution in [2.24, 2.45) is 0 Å². The third kappa shape index (κ3) is 3.65. The number of benzene rings is 8. The van der Waals surface area contributed by atoms with Crippen LogP contribution in [0.25, 0.3) is 110 Å². The Hall–Kier alpha value is -7.04. The molecule has 12 aromatic rings. The van der Waals surface area contributed by atoms with Crippen molar-refractivity contribution in [1.29, 1.82) is 0 Å². The van der Waals surface area contributed by atoms with Crippen molar-refractivity contribution in [2.75, 3.05) is 0 Å². The molecular weight excluding hydrogens is 637 g/mol. The lowest BCUT2D eigenvalue weighted by Gasteiger charge is -2.11. The standard InChI is InChI=1S/C48H28N2O2/c1-2-13-30(14-3-1)50-41-26-24-36-34-17-6-9-23-43(34)52-48(36)45(41)38-25-27-40-44(46(38)50)37-18-4-7-21-39(37)49(40)31-15-10-12-29(28-31)32-19-11-20-35-33-16-5-8-22-42(33)51-47(32)35/h1-28H. The van der Waals surface area contributed by atoms with Gasteiger partial charge in [-0.2, -0.15) is 0 Å². The molecule has 242 valence electrons. The number of para-hydroxylation sites is 5. The van der Waals surface area contributed by atoms with Crippen molar-refractivity contribution in [2.45, 2.75) is 0 Å². The number of hydrogen-bond acceptors (Lipinski definition) is 2. The van der Waals surface area contributed by atoms with Crippen molar-refractivity contribution < 1.29 is 8.83 Å². The normalized spacial score (nSPS) is 12.2. The summed E-state index contributed by atoms with van der Waals surface area (Å²) >= 11 is 0. The Kier molecular flexibility index (Phi) is 5.47. The fourth-order valence-corrected chi connectivity index (χ4v) is 8.73. The van der Waals surface area contributed by atoms with Gasteiger partial charge in [0.15, 0.2) is 0 Å². The predicted molar refractivity (Wildman–Crippen MR) is 215 cm³/mol. The number of fused-ring (bicyclic) bond motifs is 14. The Morgan fingerprint density at radius 3 is 1.75 bits per heavy atom. The average molecular weight is 665 g/mol. The molecule has 0 atom stereocenters. The zero-order chi connectivity index (χ0) is 33.9. The van der Waals surface area contributed by atoms with E-state index in [1.807, 2.05) is 18.2 Å². The largest absolute Gasteiger partial charge is 0.455 e. The quantitative estimate of drug-likeness (QED) is 0.188. The van der Waals surface area contributed by atoms with Crippen LogP contribution in [0, 0.1) is 0 Å². The topological polar surface area (TPSA) is 36.1 Å². The second-order valence-electron chi connectivity index (χ2n) is 13.6. The number of rotatable bonds is 3. The van der Waals surface area contributed by atoms with Crippen LogP contribution < -0.4 is 0 Å². The van der Waals surface area contributed by atoms with Gasteiger partial charge in [-0.3, -0.25) is 0 Å². The summed E-state index contributed by atoms with van der Waals surface area (Å²) in [5.74, 6) is 0. The summed E-state index contributed by atoms with van der Waals surface area (Å²) in [5.41, 5.74) is 12.6. The van der Waals surface area contributed by atoms with Gasteiger partial charge in [0.05, 0.1) is 27.5 Å². The molecule has 0 aliphatic rings.